The van der Waals surface area contributed by atoms with Crippen molar-refractivity contribution in [1.29, 1.82) is 0 Å². The van der Waals surface area contributed by atoms with Crippen LogP contribution in [0.15, 0.2) is 28.8 Å². The Kier molecular flexibility index (Phi) is 3.62. The lowest BCUT2D eigenvalue weighted by Gasteiger charge is -2.29. The summed E-state index contributed by atoms with van der Waals surface area (Å²) in [5.41, 5.74) is 2.16. The molecule has 1 amide bonds. The molecule has 0 bridgehead atoms. The minimum absolute atomic E-state index is 0.00395. The fourth-order valence-electron chi connectivity index (χ4n) is 2.69. The lowest BCUT2D eigenvalue weighted by molar-refractivity contribution is -0.384. The normalized spacial score (nSPS) is 13.8. The van der Waals surface area contributed by atoms with Crippen LogP contribution >= 0.6 is 0 Å². The number of hydrogen-bond donors (Lipinski definition) is 0. The molecule has 0 saturated heterocycles. The molecule has 0 N–H and O–H groups in total. The van der Waals surface area contributed by atoms with Gasteiger partial charge in [0.2, 0.25) is 5.91 Å². The maximum atomic E-state index is 12.5. The summed E-state index contributed by atoms with van der Waals surface area (Å²) >= 11 is 0. The number of carbonyl (C=O) groups excluding carboxylic acids is 1. The average Bonchev–Trinajstić information content (AvgIpc) is 2.91. The van der Waals surface area contributed by atoms with E-state index in [4.69, 9.17) is 4.52 Å². The van der Waals surface area contributed by atoms with Gasteiger partial charge in [0, 0.05) is 24.7 Å². The molecular formula is C15H15N3O4. The van der Waals surface area contributed by atoms with Gasteiger partial charge in [-0.05, 0) is 25.3 Å². The highest BCUT2D eigenvalue weighted by molar-refractivity contribution is 5.96. The molecule has 2 heterocycles. The Balaban J connectivity index is 1.88. The van der Waals surface area contributed by atoms with Gasteiger partial charge in [-0.1, -0.05) is 11.2 Å². The molecule has 1 aromatic heterocycles. The second kappa shape index (κ2) is 5.59. The zero-order valence-electron chi connectivity index (χ0n) is 12.1. The topological polar surface area (TPSA) is 89.5 Å². The van der Waals surface area contributed by atoms with Crippen molar-refractivity contribution in [3.05, 3.63) is 51.4 Å². The van der Waals surface area contributed by atoms with Crippen molar-refractivity contribution in [2.45, 2.75) is 26.2 Å². The maximum absolute atomic E-state index is 12.5. The molecule has 7 nitrogen and oxygen atoms in total. The standard InChI is InChI=1S/C15H15N3O4/c1-10-7-12(16-22-10)8-15(19)17-6-2-3-11-4-5-13(18(20)21)9-14(11)17/h4-5,7,9H,2-3,6,8H2,1H3. The van der Waals surface area contributed by atoms with Gasteiger partial charge in [0.25, 0.3) is 5.69 Å². The van der Waals surface area contributed by atoms with Crippen molar-refractivity contribution in [2.75, 3.05) is 11.4 Å². The minimum atomic E-state index is -0.446. The van der Waals surface area contributed by atoms with Crippen LogP contribution in [0, 0.1) is 17.0 Å². The smallest absolute Gasteiger partial charge is 0.271 e. The van der Waals surface area contributed by atoms with Crippen LogP contribution in [0.3, 0.4) is 0 Å². The summed E-state index contributed by atoms with van der Waals surface area (Å²) in [5.74, 6) is 0.521. The molecule has 1 aromatic carbocycles. The predicted octanol–water partition coefficient (Wildman–Crippen LogP) is 2.41. The number of nitrogens with zero attached hydrogens (tertiary/aromatic N) is 3. The third kappa shape index (κ3) is 2.69. The Morgan fingerprint density at radius 1 is 1.45 bits per heavy atom. The molecule has 114 valence electrons. The summed E-state index contributed by atoms with van der Waals surface area (Å²) in [6.07, 6.45) is 1.79. The monoisotopic (exact) mass is 301 g/mol. The third-order valence-electron chi connectivity index (χ3n) is 3.71. The number of aryl methyl sites for hydroxylation is 2. The Morgan fingerprint density at radius 2 is 2.27 bits per heavy atom. The van der Waals surface area contributed by atoms with Crippen LogP contribution < -0.4 is 4.90 Å². The molecule has 1 aliphatic rings. The molecule has 0 fully saturated rings. The van der Waals surface area contributed by atoms with E-state index in [-0.39, 0.29) is 18.0 Å². The van der Waals surface area contributed by atoms with E-state index in [0.29, 0.717) is 23.7 Å². The first-order valence-corrected chi connectivity index (χ1v) is 7.04. The number of fused-ring (bicyclic) bond motifs is 1. The molecule has 7 heteroatoms. The first kappa shape index (κ1) is 14.2. The van der Waals surface area contributed by atoms with E-state index >= 15 is 0 Å². The molecule has 0 unspecified atom stereocenters. The summed E-state index contributed by atoms with van der Waals surface area (Å²) in [6.45, 7) is 2.32. The van der Waals surface area contributed by atoms with Crippen LogP contribution in [0.25, 0.3) is 0 Å². The predicted molar refractivity (Wildman–Crippen MR) is 78.7 cm³/mol. The number of aromatic nitrogens is 1. The van der Waals surface area contributed by atoms with Crippen molar-refractivity contribution in [1.82, 2.24) is 5.16 Å². The SMILES string of the molecule is Cc1cc(CC(=O)N2CCCc3ccc([N+](=O)[O-])cc32)no1. The Labute approximate surface area is 126 Å². The highest BCUT2D eigenvalue weighted by Gasteiger charge is 2.25. The van der Waals surface area contributed by atoms with Crippen molar-refractivity contribution in [2.24, 2.45) is 0 Å². The van der Waals surface area contributed by atoms with E-state index in [0.717, 1.165) is 18.4 Å². The second-order valence-corrected chi connectivity index (χ2v) is 5.32. The van der Waals surface area contributed by atoms with E-state index in [1.54, 1.807) is 24.0 Å². The Morgan fingerprint density at radius 3 is 2.95 bits per heavy atom. The molecule has 2 aromatic rings. The summed E-state index contributed by atoms with van der Waals surface area (Å²) in [6, 6.07) is 6.40. The van der Waals surface area contributed by atoms with Gasteiger partial charge < -0.3 is 9.42 Å². The largest absolute Gasteiger partial charge is 0.361 e. The number of benzene rings is 1. The molecule has 0 saturated carbocycles. The van der Waals surface area contributed by atoms with Crippen molar-refractivity contribution < 1.29 is 14.2 Å². The minimum Gasteiger partial charge on any atom is -0.361 e. The molecule has 1 aliphatic heterocycles. The Hall–Kier alpha value is -2.70. The van der Waals surface area contributed by atoms with Crippen LogP contribution in [0.1, 0.15) is 23.4 Å². The van der Waals surface area contributed by atoms with E-state index in [9.17, 15) is 14.9 Å². The highest BCUT2D eigenvalue weighted by atomic mass is 16.6. The molecule has 0 radical (unpaired) electrons. The van der Waals surface area contributed by atoms with Gasteiger partial charge >= 0.3 is 0 Å². The average molecular weight is 301 g/mol. The van der Waals surface area contributed by atoms with Crippen LogP contribution in [-0.2, 0) is 17.6 Å². The van der Waals surface area contributed by atoms with Gasteiger partial charge in [-0.3, -0.25) is 14.9 Å². The quantitative estimate of drug-likeness (QED) is 0.641. The van der Waals surface area contributed by atoms with Crippen LogP contribution in [0.2, 0.25) is 0 Å². The van der Waals surface area contributed by atoms with Gasteiger partial charge in [0.15, 0.2) is 0 Å². The number of nitro groups is 1. The van der Waals surface area contributed by atoms with Gasteiger partial charge in [-0.15, -0.1) is 0 Å². The number of amides is 1. The maximum Gasteiger partial charge on any atom is 0.271 e. The summed E-state index contributed by atoms with van der Waals surface area (Å²) < 4.78 is 4.96. The van der Waals surface area contributed by atoms with E-state index < -0.39 is 4.92 Å². The molecule has 22 heavy (non-hydrogen) atoms. The lowest BCUT2D eigenvalue weighted by Crippen LogP contribution is -2.36. The molecule has 0 atom stereocenters. The second-order valence-electron chi connectivity index (χ2n) is 5.32. The summed E-state index contributed by atoms with van der Waals surface area (Å²) in [4.78, 5) is 24.6. The van der Waals surface area contributed by atoms with E-state index in [2.05, 4.69) is 5.16 Å². The van der Waals surface area contributed by atoms with Gasteiger partial charge in [-0.2, -0.15) is 0 Å². The number of nitro benzene ring substituents is 1. The first-order valence-electron chi connectivity index (χ1n) is 7.04. The van der Waals surface area contributed by atoms with E-state index in [1.165, 1.54) is 12.1 Å². The van der Waals surface area contributed by atoms with Crippen molar-refractivity contribution in [3.8, 4) is 0 Å². The van der Waals surface area contributed by atoms with Gasteiger partial charge in [0.05, 0.1) is 22.7 Å². The molecule has 0 spiro atoms. The third-order valence-corrected chi connectivity index (χ3v) is 3.71. The first-order chi connectivity index (χ1) is 10.5. The van der Waals surface area contributed by atoms with Crippen molar-refractivity contribution in [3.63, 3.8) is 0 Å². The zero-order valence-corrected chi connectivity index (χ0v) is 12.1. The number of rotatable bonds is 3. The lowest BCUT2D eigenvalue weighted by atomic mass is 10.0. The fraction of sp³-hybridized carbons (Fsp3) is 0.333. The van der Waals surface area contributed by atoms with Gasteiger partial charge in [-0.25, -0.2) is 0 Å². The fourth-order valence-corrected chi connectivity index (χ4v) is 2.69. The summed E-state index contributed by atoms with van der Waals surface area (Å²) in [7, 11) is 0. The number of non-ortho nitro benzene ring substituents is 1. The number of hydrogen-bond acceptors (Lipinski definition) is 5. The number of anilines is 1. The van der Waals surface area contributed by atoms with Crippen LogP contribution in [0.5, 0.6) is 0 Å². The Bertz CT molecular complexity index is 738. The zero-order chi connectivity index (χ0) is 15.7. The van der Waals surface area contributed by atoms with Crippen molar-refractivity contribution >= 4 is 17.3 Å². The van der Waals surface area contributed by atoms with Crippen LogP contribution in [-0.4, -0.2) is 22.5 Å². The molecular weight excluding hydrogens is 286 g/mol. The van der Waals surface area contributed by atoms with E-state index in [1.807, 2.05) is 0 Å². The summed E-state index contributed by atoms with van der Waals surface area (Å²) in [5, 5.41) is 14.8. The highest BCUT2D eigenvalue weighted by Crippen LogP contribution is 2.31. The van der Waals surface area contributed by atoms with Crippen LogP contribution in [0.4, 0.5) is 11.4 Å². The molecule has 3 rings (SSSR count). The molecule has 0 aliphatic carbocycles. The number of carbonyl (C=O) groups is 1. The van der Waals surface area contributed by atoms with Gasteiger partial charge in [0.1, 0.15) is 5.76 Å².